The van der Waals surface area contributed by atoms with E-state index in [2.05, 4.69) is 20.2 Å². The summed E-state index contributed by atoms with van der Waals surface area (Å²) in [6, 6.07) is 6.32. The maximum absolute atomic E-state index is 11.1. The summed E-state index contributed by atoms with van der Waals surface area (Å²) in [5.41, 5.74) is 0.576. The van der Waals surface area contributed by atoms with Crippen molar-refractivity contribution < 1.29 is 17.9 Å². The highest BCUT2D eigenvalue weighted by atomic mass is 35.5. The number of anilines is 3. The van der Waals surface area contributed by atoms with Crippen LogP contribution >= 0.6 is 11.6 Å². The summed E-state index contributed by atoms with van der Waals surface area (Å²) in [5, 5.41) is 11.1. The molecule has 1 aromatic heterocycles. The molecule has 1 heterocycles. The first kappa shape index (κ1) is 17.1. The van der Waals surface area contributed by atoms with Crippen molar-refractivity contribution in [2.24, 2.45) is 0 Å². The van der Waals surface area contributed by atoms with E-state index in [0.717, 1.165) is 6.26 Å². The SMILES string of the molecule is COc1cc(Nc2ccc(NS(C)(=O)=O)nn2)c(OC)cc1Cl. The molecule has 2 N–H and O–H groups in total. The second-order valence-electron chi connectivity index (χ2n) is 4.49. The Labute approximate surface area is 138 Å². The van der Waals surface area contributed by atoms with Crippen LogP contribution in [0.1, 0.15) is 0 Å². The molecule has 2 rings (SSSR count). The van der Waals surface area contributed by atoms with E-state index in [-0.39, 0.29) is 5.82 Å². The fraction of sp³-hybridized carbons (Fsp3) is 0.231. The van der Waals surface area contributed by atoms with Crippen molar-refractivity contribution in [1.82, 2.24) is 10.2 Å². The van der Waals surface area contributed by atoms with Crippen molar-refractivity contribution in [2.75, 3.05) is 30.5 Å². The second-order valence-corrected chi connectivity index (χ2v) is 6.65. The summed E-state index contributed by atoms with van der Waals surface area (Å²) in [7, 11) is -0.386. The first-order chi connectivity index (χ1) is 10.8. The molecule has 0 fully saturated rings. The van der Waals surface area contributed by atoms with Crippen LogP contribution < -0.4 is 19.5 Å². The maximum atomic E-state index is 11.1. The Morgan fingerprint density at radius 1 is 1.04 bits per heavy atom. The van der Waals surface area contributed by atoms with Gasteiger partial charge < -0.3 is 14.8 Å². The summed E-state index contributed by atoms with van der Waals surface area (Å²) in [6.07, 6.45) is 1.03. The normalized spacial score (nSPS) is 11.0. The number of rotatable bonds is 6. The van der Waals surface area contributed by atoms with Crippen LogP contribution in [0.2, 0.25) is 5.02 Å². The Balaban J connectivity index is 2.25. The van der Waals surface area contributed by atoms with E-state index in [1.165, 1.54) is 20.3 Å². The maximum Gasteiger partial charge on any atom is 0.231 e. The lowest BCUT2D eigenvalue weighted by Gasteiger charge is -2.13. The molecular formula is C13H15ClN4O4S. The highest BCUT2D eigenvalue weighted by Gasteiger charge is 2.11. The number of nitrogens with zero attached hydrogens (tertiary/aromatic N) is 2. The van der Waals surface area contributed by atoms with Crippen LogP contribution in [0.5, 0.6) is 11.5 Å². The van der Waals surface area contributed by atoms with Crippen LogP contribution in [0.3, 0.4) is 0 Å². The zero-order chi connectivity index (χ0) is 17.0. The van der Waals surface area contributed by atoms with Crippen molar-refractivity contribution in [3.8, 4) is 11.5 Å². The van der Waals surface area contributed by atoms with E-state index in [4.69, 9.17) is 21.1 Å². The Bertz CT molecular complexity index is 796. The molecule has 0 saturated heterocycles. The van der Waals surface area contributed by atoms with Gasteiger partial charge in [-0.2, -0.15) is 0 Å². The molecule has 0 spiro atoms. The highest BCUT2D eigenvalue weighted by molar-refractivity contribution is 7.92. The lowest BCUT2D eigenvalue weighted by molar-refractivity contribution is 0.405. The summed E-state index contributed by atoms with van der Waals surface area (Å²) >= 11 is 6.04. The van der Waals surface area contributed by atoms with Crippen LogP contribution in [0.25, 0.3) is 0 Å². The third-order valence-corrected chi connectivity index (χ3v) is 3.57. The van der Waals surface area contributed by atoms with E-state index in [0.29, 0.717) is 28.0 Å². The molecule has 0 saturated carbocycles. The minimum Gasteiger partial charge on any atom is -0.495 e. The molecule has 0 atom stereocenters. The van der Waals surface area contributed by atoms with Crippen LogP contribution in [-0.4, -0.2) is 39.1 Å². The topological polar surface area (TPSA) is 102 Å². The van der Waals surface area contributed by atoms with E-state index in [9.17, 15) is 8.42 Å². The summed E-state index contributed by atoms with van der Waals surface area (Å²) in [6.45, 7) is 0. The Hall–Kier alpha value is -2.26. The molecule has 0 aliphatic rings. The number of hydrogen-bond acceptors (Lipinski definition) is 7. The van der Waals surface area contributed by atoms with Gasteiger partial charge in [0.25, 0.3) is 0 Å². The molecule has 1 aromatic carbocycles. The predicted molar refractivity (Wildman–Crippen MR) is 88.3 cm³/mol. The number of methoxy groups -OCH3 is 2. The quantitative estimate of drug-likeness (QED) is 0.816. The molecule has 0 amide bonds. The van der Waals surface area contributed by atoms with Gasteiger partial charge in [0.1, 0.15) is 11.5 Å². The van der Waals surface area contributed by atoms with Gasteiger partial charge >= 0.3 is 0 Å². The lowest BCUT2D eigenvalue weighted by atomic mass is 10.2. The monoisotopic (exact) mass is 358 g/mol. The molecule has 23 heavy (non-hydrogen) atoms. The molecule has 10 heteroatoms. The number of halogens is 1. The fourth-order valence-electron chi connectivity index (χ4n) is 1.74. The number of aromatic nitrogens is 2. The zero-order valence-corrected chi connectivity index (χ0v) is 14.2. The zero-order valence-electron chi connectivity index (χ0n) is 12.6. The van der Waals surface area contributed by atoms with E-state index < -0.39 is 10.0 Å². The smallest absolute Gasteiger partial charge is 0.231 e. The Morgan fingerprint density at radius 2 is 1.65 bits per heavy atom. The largest absolute Gasteiger partial charge is 0.495 e. The minimum absolute atomic E-state index is 0.124. The first-order valence-electron chi connectivity index (χ1n) is 6.32. The molecule has 2 aromatic rings. The van der Waals surface area contributed by atoms with Crippen molar-refractivity contribution in [2.45, 2.75) is 0 Å². The van der Waals surface area contributed by atoms with E-state index in [1.807, 2.05) is 0 Å². The first-order valence-corrected chi connectivity index (χ1v) is 8.59. The average Bonchev–Trinajstić information content (AvgIpc) is 2.49. The standard InChI is InChI=1S/C13H15ClN4O4S/c1-21-10-7-9(11(22-2)6-8(10)14)15-12-4-5-13(17-16-12)18-23(3,19)20/h4-7H,1-3H3,(H,15,16)(H,17,18). The summed E-state index contributed by atoms with van der Waals surface area (Å²) in [4.78, 5) is 0. The van der Waals surface area contributed by atoms with Gasteiger partial charge in [-0.1, -0.05) is 11.6 Å². The Morgan fingerprint density at radius 3 is 2.17 bits per heavy atom. The molecular weight excluding hydrogens is 344 g/mol. The van der Waals surface area contributed by atoms with Gasteiger partial charge in [-0.3, -0.25) is 4.72 Å². The molecule has 124 valence electrons. The molecule has 8 nitrogen and oxygen atoms in total. The average molecular weight is 359 g/mol. The molecule has 0 aliphatic carbocycles. The third kappa shape index (κ3) is 4.60. The van der Waals surface area contributed by atoms with Gasteiger partial charge in [0.05, 0.1) is 31.2 Å². The lowest BCUT2D eigenvalue weighted by Crippen LogP contribution is -2.11. The van der Waals surface area contributed by atoms with Gasteiger partial charge in [0.2, 0.25) is 10.0 Å². The van der Waals surface area contributed by atoms with Gasteiger partial charge in [-0.25, -0.2) is 8.42 Å². The number of ether oxygens (including phenoxy) is 2. The molecule has 0 bridgehead atoms. The van der Waals surface area contributed by atoms with Gasteiger partial charge in [-0.05, 0) is 12.1 Å². The molecule has 0 unspecified atom stereocenters. The third-order valence-electron chi connectivity index (χ3n) is 2.69. The Kier molecular flexibility index (Phi) is 5.12. The van der Waals surface area contributed by atoms with Gasteiger partial charge in [-0.15, -0.1) is 10.2 Å². The van der Waals surface area contributed by atoms with Gasteiger partial charge in [0, 0.05) is 12.1 Å². The van der Waals surface area contributed by atoms with Crippen LogP contribution in [-0.2, 0) is 10.0 Å². The predicted octanol–water partition coefficient (Wildman–Crippen LogP) is 2.26. The minimum atomic E-state index is -3.40. The fourth-order valence-corrected chi connectivity index (χ4v) is 2.46. The number of hydrogen-bond donors (Lipinski definition) is 2. The van der Waals surface area contributed by atoms with Crippen molar-refractivity contribution in [3.05, 3.63) is 29.3 Å². The number of benzene rings is 1. The van der Waals surface area contributed by atoms with E-state index >= 15 is 0 Å². The second kappa shape index (κ2) is 6.88. The summed E-state index contributed by atoms with van der Waals surface area (Å²) < 4.78 is 34.9. The molecule has 0 radical (unpaired) electrons. The van der Waals surface area contributed by atoms with Crippen molar-refractivity contribution in [3.63, 3.8) is 0 Å². The number of sulfonamides is 1. The van der Waals surface area contributed by atoms with E-state index in [1.54, 1.807) is 18.2 Å². The van der Waals surface area contributed by atoms with Gasteiger partial charge in [0.15, 0.2) is 11.6 Å². The van der Waals surface area contributed by atoms with Crippen LogP contribution in [0.4, 0.5) is 17.3 Å². The van der Waals surface area contributed by atoms with Crippen molar-refractivity contribution in [1.29, 1.82) is 0 Å². The number of nitrogens with one attached hydrogen (secondary N) is 2. The summed E-state index contributed by atoms with van der Waals surface area (Å²) in [5.74, 6) is 1.49. The highest BCUT2D eigenvalue weighted by Crippen LogP contribution is 2.36. The molecule has 0 aliphatic heterocycles. The van der Waals surface area contributed by atoms with Crippen LogP contribution in [0.15, 0.2) is 24.3 Å². The van der Waals surface area contributed by atoms with Crippen molar-refractivity contribution >= 4 is 38.9 Å². The van der Waals surface area contributed by atoms with Crippen LogP contribution in [0, 0.1) is 0 Å².